The molecular weight excluding hydrogens is 228 g/mol. The van der Waals surface area contributed by atoms with Crippen molar-refractivity contribution < 1.29 is 9.53 Å². The van der Waals surface area contributed by atoms with Crippen molar-refractivity contribution in [2.24, 2.45) is 5.92 Å². The van der Waals surface area contributed by atoms with Crippen LogP contribution < -0.4 is 11.1 Å². The Morgan fingerprint density at radius 3 is 2.89 bits per heavy atom. The molecule has 0 aromatic heterocycles. The SMILES string of the molecule is CCOC(=O)c1ccc(NCCC2CC2)c(N)c1. The second-order valence-corrected chi connectivity index (χ2v) is 4.68. The summed E-state index contributed by atoms with van der Waals surface area (Å²) in [6, 6.07) is 5.25. The fraction of sp³-hybridized carbons (Fsp3) is 0.500. The lowest BCUT2D eigenvalue weighted by Gasteiger charge is -2.10. The number of nitrogens with one attached hydrogen (secondary N) is 1. The maximum Gasteiger partial charge on any atom is 0.338 e. The zero-order valence-corrected chi connectivity index (χ0v) is 10.7. The molecule has 0 amide bonds. The van der Waals surface area contributed by atoms with Crippen molar-refractivity contribution in [3.63, 3.8) is 0 Å². The molecule has 3 N–H and O–H groups in total. The average molecular weight is 248 g/mol. The van der Waals surface area contributed by atoms with Gasteiger partial charge in [0.05, 0.1) is 23.5 Å². The molecule has 1 aromatic rings. The lowest BCUT2D eigenvalue weighted by atomic mass is 10.1. The molecule has 1 aliphatic carbocycles. The lowest BCUT2D eigenvalue weighted by molar-refractivity contribution is 0.0526. The number of hydrogen-bond acceptors (Lipinski definition) is 4. The number of anilines is 2. The van der Waals surface area contributed by atoms with Gasteiger partial charge in [-0.15, -0.1) is 0 Å². The first-order valence-corrected chi connectivity index (χ1v) is 6.51. The van der Waals surface area contributed by atoms with Crippen LogP contribution in [0.15, 0.2) is 18.2 Å². The highest BCUT2D eigenvalue weighted by Crippen LogP contribution is 2.32. The van der Waals surface area contributed by atoms with E-state index in [2.05, 4.69) is 5.32 Å². The van der Waals surface area contributed by atoms with Crippen molar-refractivity contribution in [3.8, 4) is 0 Å². The van der Waals surface area contributed by atoms with E-state index in [0.29, 0.717) is 17.9 Å². The van der Waals surface area contributed by atoms with E-state index in [1.165, 1.54) is 19.3 Å². The fourth-order valence-corrected chi connectivity index (χ4v) is 1.88. The lowest BCUT2D eigenvalue weighted by Crippen LogP contribution is -2.08. The summed E-state index contributed by atoms with van der Waals surface area (Å²) in [4.78, 5) is 11.5. The largest absolute Gasteiger partial charge is 0.462 e. The van der Waals surface area contributed by atoms with Gasteiger partial charge in [0.2, 0.25) is 0 Å². The smallest absolute Gasteiger partial charge is 0.338 e. The molecule has 0 heterocycles. The van der Waals surface area contributed by atoms with Crippen molar-refractivity contribution in [3.05, 3.63) is 23.8 Å². The van der Waals surface area contributed by atoms with E-state index in [-0.39, 0.29) is 5.97 Å². The van der Waals surface area contributed by atoms with Crippen LogP contribution in [-0.4, -0.2) is 19.1 Å². The van der Waals surface area contributed by atoms with Crippen LogP contribution in [0.5, 0.6) is 0 Å². The first-order chi connectivity index (χ1) is 8.70. The summed E-state index contributed by atoms with van der Waals surface area (Å²) in [5.41, 5.74) is 7.91. The highest BCUT2D eigenvalue weighted by molar-refractivity contribution is 5.91. The molecule has 0 saturated heterocycles. The number of carbonyl (C=O) groups is 1. The maximum atomic E-state index is 11.5. The molecule has 1 saturated carbocycles. The average Bonchev–Trinajstić information content (AvgIpc) is 3.15. The molecule has 0 aliphatic heterocycles. The Kier molecular flexibility index (Phi) is 4.07. The number of esters is 1. The summed E-state index contributed by atoms with van der Waals surface area (Å²) in [6.45, 7) is 3.10. The van der Waals surface area contributed by atoms with Crippen LogP contribution >= 0.6 is 0 Å². The standard InChI is InChI=1S/C14H20N2O2/c1-2-18-14(17)11-5-6-13(12(15)9-11)16-8-7-10-3-4-10/h5-6,9-10,16H,2-4,7-8,15H2,1H3. The second-order valence-electron chi connectivity index (χ2n) is 4.68. The van der Waals surface area contributed by atoms with Gasteiger partial charge in [-0.25, -0.2) is 4.79 Å². The minimum absolute atomic E-state index is 0.325. The van der Waals surface area contributed by atoms with Gasteiger partial charge in [-0.1, -0.05) is 12.8 Å². The molecule has 2 rings (SSSR count). The summed E-state index contributed by atoms with van der Waals surface area (Å²) in [5, 5.41) is 3.31. The van der Waals surface area contributed by atoms with Gasteiger partial charge < -0.3 is 15.8 Å². The van der Waals surface area contributed by atoms with Crippen LogP contribution in [0, 0.1) is 5.92 Å². The Morgan fingerprint density at radius 1 is 1.50 bits per heavy atom. The second kappa shape index (κ2) is 5.76. The molecule has 4 heteroatoms. The Morgan fingerprint density at radius 2 is 2.28 bits per heavy atom. The molecule has 1 aromatic carbocycles. The van der Waals surface area contributed by atoms with Gasteiger partial charge >= 0.3 is 5.97 Å². The van der Waals surface area contributed by atoms with Crippen molar-refractivity contribution in [2.75, 3.05) is 24.2 Å². The predicted molar refractivity (Wildman–Crippen MR) is 72.6 cm³/mol. The quantitative estimate of drug-likeness (QED) is 0.600. The zero-order valence-electron chi connectivity index (χ0n) is 10.7. The maximum absolute atomic E-state index is 11.5. The number of rotatable bonds is 6. The molecule has 0 radical (unpaired) electrons. The molecule has 18 heavy (non-hydrogen) atoms. The monoisotopic (exact) mass is 248 g/mol. The third kappa shape index (κ3) is 3.39. The third-order valence-electron chi connectivity index (χ3n) is 3.13. The van der Waals surface area contributed by atoms with E-state index in [4.69, 9.17) is 10.5 Å². The summed E-state index contributed by atoms with van der Waals surface area (Å²) < 4.78 is 4.93. The summed E-state index contributed by atoms with van der Waals surface area (Å²) in [5.74, 6) is 0.575. The van der Waals surface area contributed by atoms with Gasteiger partial charge in [-0.05, 0) is 37.5 Å². The molecular formula is C14H20N2O2. The van der Waals surface area contributed by atoms with Crippen molar-refractivity contribution in [2.45, 2.75) is 26.2 Å². The van der Waals surface area contributed by atoms with Crippen LogP contribution in [0.4, 0.5) is 11.4 Å². The van der Waals surface area contributed by atoms with Crippen LogP contribution in [0.25, 0.3) is 0 Å². The first kappa shape index (κ1) is 12.7. The highest BCUT2D eigenvalue weighted by Gasteiger charge is 2.20. The van der Waals surface area contributed by atoms with Gasteiger partial charge in [-0.3, -0.25) is 0 Å². The Hall–Kier alpha value is -1.71. The minimum atomic E-state index is -0.325. The zero-order chi connectivity index (χ0) is 13.0. The van der Waals surface area contributed by atoms with Gasteiger partial charge in [0.1, 0.15) is 0 Å². The molecule has 4 nitrogen and oxygen atoms in total. The molecule has 0 bridgehead atoms. The first-order valence-electron chi connectivity index (χ1n) is 6.51. The van der Waals surface area contributed by atoms with E-state index >= 15 is 0 Å². The van der Waals surface area contributed by atoms with Gasteiger partial charge in [0.25, 0.3) is 0 Å². The van der Waals surface area contributed by atoms with E-state index in [1.54, 1.807) is 19.1 Å². The summed E-state index contributed by atoms with van der Waals surface area (Å²) in [7, 11) is 0. The van der Waals surface area contributed by atoms with Gasteiger partial charge in [0.15, 0.2) is 0 Å². The number of carbonyl (C=O) groups excluding carboxylic acids is 1. The number of ether oxygens (including phenoxy) is 1. The molecule has 98 valence electrons. The molecule has 0 spiro atoms. The van der Waals surface area contributed by atoms with Crippen LogP contribution in [0.1, 0.15) is 36.5 Å². The van der Waals surface area contributed by atoms with Crippen LogP contribution in [-0.2, 0) is 4.74 Å². The van der Waals surface area contributed by atoms with Crippen LogP contribution in [0.3, 0.4) is 0 Å². The van der Waals surface area contributed by atoms with Crippen molar-refractivity contribution in [1.82, 2.24) is 0 Å². The highest BCUT2D eigenvalue weighted by atomic mass is 16.5. The van der Waals surface area contributed by atoms with Crippen molar-refractivity contribution in [1.29, 1.82) is 0 Å². The van der Waals surface area contributed by atoms with E-state index in [1.807, 2.05) is 6.07 Å². The molecule has 0 unspecified atom stereocenters. The normalized spacial score (nSPS) is 14.3. The minimum Gasteiger partial charge on any atom is -0.462 e. The number of nitrogen functional groups attached to an aromatic ring is 1. The van der Waals surface area contributed by atoms with E-state index in [0.717, 1.165) is 18.2 Å². The van der Waals surface area contributed by atoms with E-state index < -0.39 is 0 Å². The summed E-state index contributed by atoms with van der Waals surface area (Å²) in [6.07, 6.45) is 3.91. The van der Waals surface area contributed by atoms with Gasteiger partial charge in [0, 0.05) is 6.54 Å². The number of benzene rings is 1. The Labute approximate surface area is 108 Å². The topological polar surface area (TPSA) is 64.3 Å². The Balaban J connectivity index is 1.93. The summed E-state index contributed by atoms with van der Waals surface area (Å²) >= 11 is 0. The number of hydrogen-bond donors (Lipinski definition) is 2. The predicted octanol–water partition coefficient (Wildman–Crippen LogP) is 2.66. The molecule has 1 aliphatic rings. The fourth-order valence-electron chi connectivity index (χ4n) is 1.88. The van der Waals surface area contributed by atoms with Crippen molar-refractivity contribution >= 4 is 17.3 Å². The van der Waals surface area contributed by atoms with Gasteiger partial charge in [-0.2, -0.15) is 0 Å². The Bertz CT molecular complexity index is 428. The third-order valence-corrected chi connectivity index (χ3v) is 3.13. The van der Waals surface area contributed by atoms with Crippen LogP contribution in [0.2, 0.25) is 0 Å². The molecule has 0 atom stereocenters. The van der Waals surface area contributed by atoms with E-state index in [9.17, 15) is 4.79 Å². The number of nitrogens with two attached hydrogens (primary N) is 1. The molecule has 1 fully saturated rings.